The average molecular weight is 339 g/mol. The topological polar surface area (TPSA) is 63.4 Å². The fourth-order valence-corrected chi connectivity index (χ4v) is 2.56. The van der Waals surface area contributed by atoms with E-state index >= 15 is 0 Å². The van der Waals surface area contributed by atoms with Crippen molar-refractivity contribution in [3.63, 3.8) is 0 Å². The number of rotatable bonds is 4. The molecule has 0 bridgehead atoms. The lowest BCUT2D eigenvalue weighted by Gasteiger charge is -2.30. The van der Waals surface area contributed by atoms with E-state index in [9.17, 15) is 0 Å². The second-order valence-electron chi connectivity index (χ2n) is 5.80. The first-order chi connectivity index (χ1) is 10.6. The summed E-state index contributed by atoms with van der Waals surface area (Å²) in [5, 5.41) is 7.44. The van der Waals surface area contributed by atoms with E-state index in [1.165, 1.54) is 5.56 Å². The van der Waals surface area contributed by atoms with Gasteiger partial charge in [-0.05, 0) is 38.1 Å². The molecule has 1 aromatic carbocycles. The molecule has 1 atom stereocenters. The molecule has 1 aliphatic rings. The zero-order chi connectivity index (χ0) is 15.5. The van der Waals surface area contributed by atoms with Crippen LogP contribution in [-0.4, -0.2) is 41.7 Å². The first kappa shape index (κ1) is 17.7. The lowest BCUT2D eigenvalue weighted by molar-refractivity contribution is 0.189. The van der Waals surface area contributed by atoms with E-state index in [1.54, 1.807) is 0 Å². The molecule has 0 spiro atoms. The standard InChI is InChI=1S/C16H22N4O2.ClH/c1-11-4-5-12(2)14(8-11)21-10-15-18-16(19-22-15)13-9-17-6-7-20(13)3;/h4-5,8,13,17H,6-7,9-10H2,1-3H3;1H. The molecule has 0 saturated carbocycles. The molecule has 7 heteroatoms. The van der Waals surface area contributed by atoms with E-state index in [0.29, 0.717) is 18.3 Å². The summed E-state index contributed by atoms with van der Waals surface area (Å²) in [5.41, 5.74) is 2.27. The number of benzene rings is 1. The number of aryl methyl sites for hydroxylation is 2. The molecule has 2 heterocycles. The number of ether oxygens (including phenoxy) is 1. The molecule has 1 aliphatic heterocycles. The number of hydrogen-bond donors (Lipinski definition) is 1. The van der Waals surface area contributed by atoms with Gasteiger partial charge in [0.25, 0.3) is 5.89 Å². The monoisotopic (exact) mass is 338 g/mol. The van der Waals surface area contributed by atoms with Gasteiger partial charge in [0.1, 0.15) is 5.75 Å². The second kappa shape index (κ2) is 7.77. The molecule has 2 aromatic rings. The van der Waals surface area contributed by atoms with E-state index in [0.717, 1.165) is 30.9 Å². The zero-order valence-corrected chi connectivity index (χ0v) is 14.5. The predicted molar refractivity (Wildman–Crippen MR) is 90.0 cm³/mol. The normalized spacial score (nSPS) is 18.5. The Hall–Kier alpha value is -1.63. The van der Waals surface area contributed by atoms with E-state index in [1.807, 2.05) is 26.0 Å². The van der Waals surface area contributed by atoms with Crippen LogP contribution in [0, 0.1) is 13.8 Å². The average Bonchev–Trinajstić information content (AvgIpc) is 2.97. The van der Waals surface area contributed by atoms with Gasteiger partial charge in [0.05, 0.1) is 6.04 Å². The molecule has 1 fully saturated rings. The molecule has 0 aliphatic carbocycles. The molecule has 6 nitrogen and oxygen atoms in total. The summed E-state index contributed by atoms with van der Waals surface area (Å²) in [6, 6.07) is 6.30. The van der Waals surface area contributed by atoms with Gasteiger partial charge in [-0.3, -0.25) is 4.90 Å². The van der Waals surface area contributed by atoms with Crippen LogP contribution in [0.3, 0.4) is 0 Å². The summed E-state index contributed by atoms with van der Waals surface area (Å²) in [7, 11) is 2.08. The van der Waals surface area contributed by atoms with Crippen molar-refractivity contribution in [2.75, 3.05) is 26.7 Å². The van der Waals surface area contributed by atoms with Gasteiger partial charge in [-0.15, -0.1) is 12.4 Å². The van der Waals surface area contributed by atoms with Crippen molar-refractivity contribution < 1.29 is 9.26 Å². The van der Waals surface area contributed by atoms with Crippen LogP contribution in [0.1, 0.15) is 28.9 Å². The maximum atomic E-state index is 5.81. The smallest absolute Gasteiger partial charge is 0.264 e. The van der Waals surface area contributed by atoms with E-state index in [2.05, 4.69) is 33.5 Å². The number of halogens is 1. The largest absolute Gasteiger partial charge is 0.483 e. The highest BCUT2D eigenvalue weighted by Gasteiger charge is 2.25. The Labute approximate surface area is 142 Å². The van der Waals surface area contributed by atoms with Gasteiger partial charge < -0.3 is 14.6 Å². The summed E-state index contributed by atoms with van der Waals surface area (Å²) >= 11 is 0. The van der Waals surface area contributed by atoms with Crippen molar-refractivity contribution in [2.24, 2.45) is 0 Å². The third-order valence-corrected chi connectivity index (χ3v) is 3.99. The Morgan fingerprint density at radius 2 is 2.22 bits per heavy atom. The van der Waals surface area contributed by atoms with Crippen molar-refractivity contribution in [2.45, 2.75) is 26.5 Å². The minimum absolute atomic E-state index is 0. The van der Waals surface area contributed by atoms with Crippen LogP contribution in [0.25, 0.3) is 0 Å². The van der Waals surface area contributed by atoms with E-state index < -0.39 is 0 Å². The molecule has 126 valence electrons. The number of aromatic nitrogens is 2. The molecule has 23 heavy (non-hydrogen) atoms. The van der Waals surface area contributed by atoms with E-state index in [-0.39, 0.29) is 18.4 Å². The summed E-state index contributed by atoms with van der Waals surface area (Å²) in [5.74, 6) is 2.08. The van der Waals surface area contributed by atoms with Crippen LogP contribution in [0.4, 0.5) is 0 Å². The Balaban J connectivity index is 0.00000192. The molecule has 0 radical (unpaired) electrons. The SMILES string of the molecule is Cc1ccc(C)c(OCc2nc(C3CNCCN3C)no2)c1.Cl. The minimum Gasteiger partial charge on any atom is -0.483 e. The fraction of sp³-hybridized carbons (Fsp3) is 0.500. The van der Waals surface area contributed by atoms with Crippen molar-refractivity contribution in [1.82, 2.24) is 20.4 Å². The van der Waals surface area contributed by atoms with Gasteiger partial charge >= 0.3 is 0 Å². The summed E-state index contributed by atoms with van der Waals surface area (Å²) in [6.07, 6.45) is 0. The highest BCUT2D eigenvalue weighted by Crippen LogP contribution is 2.21. The number of nitrogens with zero attached hydrogens (tertiary/aromatic N) is 3. The number of piperazine rings is 1. The number of nitrogens with one attached hydrogen (secondary N) is 1. The summed E-state index contributed by atoms with van der Waals surface area (Å²) in [4.78, 5) is 6.70. The highest BCUT2D eigenvalue weighted by atomic mass is 35.5. The lowest BCUT2D eigenvalue weighted by atomic mass is 10.1. The van der Waals surface area contributed by atoms with Crippen LogP contribution >= 0.6 is 12.4 Å². The third kappa shape index (κ3) is 4.22. The molecule has 1 N–H and O–H groups in total. The van der Waals surface area contributed by atoms with Crippen molar-refractivity contribution in [3.8, 4) is 5.75 Å². The van der Waals surface area contributed by atoms with Crippen LogP contribution < -0.4 is 10.1 Å². The van der Waals surface area contributed by atoms with Gasteiger partial charge in [0, 0.05) is 19.6 Å². The number of likely N-dealkylation sites (N-methyl/N-ethyl adjacent to an activating group) is 1. The first-order valence-electron chi connectivity index (χ1n) is 7.57. The predicted octanol–water partition coefficient (Wildman–Crippen LogP) is 2.26. The third-order valence-electron chi connectivity index (χ3n) is 3.99. The minimum atomic E-state index is 0. The maximum absolute atomic E-state index is 5.81. The molecule has 1 aromatic heterocycles. The van der Waals surface area contributed by atoms with Gasteiger partial charge in [-0.1, -0.05) is 17.3 Å². The number of hydrogen-bond acceptors (Lipinski definition) is 6. The van der Waals surface area contributed by atoms with Crippen LogP contribution in [-0.2, 0) is 6.61 Å². The quantitative estimate of drug-likeness (QED) is 0.922. The van der Waals surface area contributed by atoms with Crippen LogP contribution in [0.5, 0.6) is 5.75 Å². The summed E-state index contributed by atoms with van der Waals surface area (Å²) < 4.78 is 11.1. The molecular weight excluding hydrogens is 316 g/mol. The van der Waals surface area contributed by atoms with Crippen molar-refractivity contribution >= 4 is 12.4 Å². The highest BCUT2D eigenvalue weighted by molar-refractivity contribution is 5.85. The Bertz CT molecular complexity index is 647. The van der Waals surface area contributed by atoms with E-state index in [4.69, 9.17) is 9.26 Å². The van der Waals surface area contributed by atoms with Gasteiger partial charge in [-0.2, -0.15) is 4.98 Å². The van der Waals surface area contributed by atoms with Gasteiger partial charge in [0.15, 0.2) is 12.4 Å². The van der Waals surface area contributed by atoms with Gasteiger partial charge in [-0.25, -0.2) is 0 Å². The second-order valence-corrected chi connectivity index (χ2v) is 5.80. The van der Waals surface area contributed by atoms with Crippen molar-refractivity contribution in [3.05, 3.63) is 41.0 Å². The molecule has 1 saturated heterocycles. The lowest BCUT2D eigenvalue weighted by Crippen LogP contribution is -2.44. The Morgan fingerprint density at radius 1 is 1.39 bits per heavy atom. The molecule has 1 unspecified atom stereocenters. The molecular formula is C16H23ClN4O2. The van der Waals surface area contributed by atoms with Crippen LogP contribution in [0.15, 0.2) is 22.7 Å². The van der Waals surface area contributed by atoms with Crippen LogP contribution in [0.2, 0.25) is 0 Å². The zero-order valence-electron chi connectivity index (χ0n) is 13.7. The first-order valence-corrected chi connectivity index (χ1v) is 7.57. The Morgan fingerprint density at radius 3 is 3.00 bits per heavy atom. The maximum Gasteiger partial charge on any atom is 0.264 e. The summed E-state index contributed by atoms with van der Waals surface area (Å²) in [6.45, 7) is 7.18. The fourth-order valence-electron chi connectivity index (χ4n) is 2.56. The Kier molecular flexibility index (Phi) is 5.98. The van der Waals surface area contributed by atoms with Gasteiger partial charge in [0.2, 0.25) is 0 Å². The molecule has 3 rings (SSSR count). The van der Waals surface area contributed by atoms with Crippen molar-refractivity contribution in [1.29, 1.82) is 0 Å². The molecule has 0 amide bonds.